The molecule has 1 heterocycles. The third kappa shape index (κ3) is 1.40. The van der Waals surface area contributed by atoms with Crippen LogP contribution in [0.1, 0.15) is 10.6 Å². The predicted octanol–water partition coefficient (Wildman–Crippen LogP) is 2.73. The number of carbonyl (C=O) groups excluding carboxylic acids is 1. The standard InChI is InChI=1S/C11H8O3/c1-2-13-11(12)10-7-8-5-3-4-6-9(8)14-10/h2-7H,1H2. The van der Waals surface area contributed by atoms with Crippen LogP contribution in [0.25, 0.3) is 11.0 Å². The van der Waals surface area contributed by atoms with Gasteiger partial charge in [-0.3, -0.25) is 0 Å². The molecular formula is C11H8O3. The number of furan rings is 1. The minimum atomic E-state index is -0.531. The van der Waals surface area contributed by atoms with E-state index in [0.717, 1.165) is 11.6 Å². The minimum Gasteiger partial charge on any atom is -0.449 e. The van der Waals surface area contributed by atoms with Crippen molar-refractivity contribution in [2.75, 3.05) is 0 Å². The van der Waals surface area contributed by atoms with Crippen LogP contribution in [-0.2, 0) is 4.74 Å². The Bertz CT molecular complexity index is 449. The number of rotatable bonds is 2. The lowest BCUT2D eigenvalue weighted by atomic mass is 10.2. The third-order valence-electron chi connectivity index (χ3n) is 1.82. The van der Waals surface area contributed by atoms with Gasteiger partial charge in [-0.2, -0.15) is 0 Å². The monoisotopic (exact) mass is 188 g/mol. The Balaban J connectivity index is 2.44. The van der Waals surface area contributed by atoms with Crippen LogP contribution in [0.3, 0.4) is 0 Å². The van der Waals surface area contributed by atoms with E-state index in [2.05, 4.69) is 11.3 Å². The molecule has 0 aliphatic rings. The van der Waals surface area contributed by atoms with Crippen molar-refractivity contribution in [1.29, 1.82) is 0 Å². The smallest absolute Gasteiger partial charge is 0.379 e. The fraction of sp³-hybridized carbons (Fsp3) is 0. The Hall–Kier alpha value is -2.03. The number of para-hydroxylation sites is 1. The summed E-state index contributed by atoms with van der Waals surface area (Å²) in [6, 6.07) is 9.01. The molecule has 0 N–H and O–H groups in total. The summed E-state index contributed by atoms with van der Waals surface area (Å²) in [4.78, 5) is 11.2. The molecule has 0 atom stereocenters. The molecule has 1 aromatic heterocycles. The molecule has 14 heavy (non-hydrogen) atoms. The van der Waals surface area contributed by atoms with Crippen molar-refractivity contribution >= 4 is 16.9 Å². The molecule has 0 amide bonds. The molecule has 0 fully saturated rings. The van der Waals surface area contributed by atoms with Gasteiger partial charge in [-0.05, 0) is 12.1 Å². The van der Waals surface area contributed by atoms with E-state index >= 15 is 0 Å². The number of esters is 1. The number of fused-ring (bicyclic) bond motifs is 1. The summed E-state index contributed by atoms with van der Waals surface area (Å²) in [6.45, 7) is 3.30. The molecule has 0 bridgehead atoms. The zero-order chi connectivity index (χ0) is 9.97. The zero-order valence-corrected chi connectivity index (χ0v) is 7.40. The number of hydrogen-bond donors (Lipinski definition) is 0. The maximum Gasteiger partial charge on any atom is 0.379 e. The quantitative estimate of drug-likeness (QED) is 0.537. The molecule has 0 unspecified atom stereocenters. The molecule has 0 aliphatic carbocycles. The fourth-order valence-electron chi connectivity index (χ4n) is 1.22. The van der Waals surface area contributed by atoms with E-state index in [1.807, 2.05) is 18.2 Å². The van der Waals surface area contributed by atoms with Gasteiger partial charge in [0.05, 0.1) is 6.26 Å². The van der Waals surface area contributed by atoms with E-state index in [1.165, 1.54) is 0 Å². The third-order valence-corrected chi connectivity index (χ3v) is 1.82. The molecule has 1 aromatic carbocycles. The summed E-state index contributed by atoms with van der Waals surface area (Å²) in [7, 11) is 0. The summed E-state index contributed by atoms with van der Waals surface area (Å²) in [5.74, 6) is -0.345. The van der Waals surface area contributed by atoms with Crippen LogP contribution in [0.4, 0.5) is 0 Å². The molecule has 2 aromatic rings. The number of benzene rings is 1. The van der Waals surface area contributed by atoms with Gasteiger partial charge in [-0.15, -0.1) is 0 Å². The largest absolute Gasteiger partial charge is 0.449 e. The minimum absolute atomic E-state index is 0.186. The average molecular weight is 188 g/mol. The predicted molar refractivity (Wildman–Crippen MR) is 51.8 cm³/mol. The Morgan fingerprint density at radius 3 is 2.93 bits per heavy atom. The lowest BCUT2D eigenvalue weighted by molar-refractivity contribution is 0.0632. The van der Waals surface area contributed by atoms with Gasteiger partial charge >= 0.3 is 5.97 Å². The van der Waals surface area contributed by atoms with Crippen molar-refractivity contribution in [2.24, 2.45) is 0 Å². The number of hydrogen-bond acceptors (Lipinski definition) is 3. The highest BCUT2D eigenvalue weighted by Crippen LogP contribution is 2.19. The molecule has 0 radical (unpaired) electrons. The van der Waals surface area contributed by atoms with Gasteiger partial charge in [0, 0.05) is 5.39 Å². The second-order valence-corrected chi connectivity index (χ2v) is 2.72. The van der Waals surface area contributed by atoms with Gasteiger partial charge < -0.3 is 9.15 Å². The van der Waals surface area contributed by atoms with Crippen molar-refractivity contribution < 1.29 is 13.9 Å². The van der Waals surface area contributed by atoms with E-state index in [1.54, 1.807) is 12.1 Å². The summed E-state index contributed by atoms with van der Waals surface area (Å²) in [6.07, 6.45) is 1.08. The van der Waals surface area contributed by atoms with Crippen LogP contribution in [-0.4, -0.2) is 5.97 Å². The Kier molecular flexibility index (Phi) is 2.07. The molecule has 2 rings (SSSR count). The first-order valence-corrected chi connectivity index (χ1v) is 4.12. The van der Waals surface area contributed by atoms with Gasteiger partial charge in [0.2, 0.25) is 5.76 Å². The topological polar surface area (TPSA) is 39.4 Å². The first-order valence-electron chi connectivity index (χ1n) is 4.12. The van der Waals surface area contributed by atoms with Crippen LogP contribution >= 0.6 is 0 Å². The van der Waals surface area contributed by atoms with Crippen molar-refractivity contribution in [2.45, 2.75) is 0 Å². The molecule has 0 spiro atoms. The summed E-state index contributed by atoms with van der Waals surface area (Å²) in [5, 5.41) is 0.878. The lowest BCUT2D eigenvalue weighted by Gasteiger charge is -1.91. The van der Waals surface area contributed by atoms with Crippen molar-refractivity contribution in [3.8, 4) is 0 Å². The molecular weight excluding hydrogens is 180 g/mol. The van der Waals surface area contributed by atoms with Crippen LogP contribution in [0.15, 0.2) is 47.6 Å². The van der Waals surface area contributed by atoms with E-state index in [4.69, 9.17) is 4.42 Å². The van der Waals surface area contributed by atoms with Crippen molar-refractivity contribution in [3.05, 3.63) is 48.9 Å². The summed E-state index contributed by atoms with van der Waals surface area (Å²) >= 11 is 0. The second-order valence-electron chi connectivity index (χ2n) is 2.72. The Morgan fingerprint density at radius 2 is 2.21 bits per heavy atom. The van der Waals surface area contributed by atoms with E-state index in [0.29, 0.717) is 5.58 Å². The summed E-state index contributed by atoms with van der Waals surface area (Å²) in [5.41, 5.74) is 0.670. The van der Waals surface area contributed by atoms with Crippen LogP contribution in [0.2, 0.25) is 0 Å². The number of ether oxygens (including phenoxy) is 1. The zero-order valence-electron chi connectivity index (χ0n) is 7.40. The maximum atomic E-state index is 11.2. The highest BCUT2D eigenvalue weighted by molar-refractivity contribution is 5.92. The van der Waals surface area contributed by atoms with Crippen molar-refractivity contribution in [3.63, 3.8) is 0 Å². The SMILES string of the molecule is C=COC(=O)c1cc2ccccc2o1. The lowest BCUT2D eigenvalue weighted by Crippen LogP contribution is -1.97. The van der Waals surface area contributed by atoms with Gasteiger partial charge in [0.1, 0.15) is 5.58 Å². The van der Waals surface area contributed by atoms with Crippen LogP contribution < -0.4 is 0 Å². The highest BCUT2D eigenvalue weighted by Gasteiger charge is 2.11. The van der Waals surface area contributed by atoms with Gasteiger partial charge in [0.15, 0.2) is 0 Å². The first-order chi connectivity index (χ1) is 6.81. The summed E-state index contributed by atoms with van der Waals surface area (Å²) < 4.78 is 9.85. The van der Waals surface area contributed by atoms with Crippen LogP contribution in [0, 0.1) is 0 Å². The molecule has 70 valence electrons. The Morgan fingerprint density at radius 1 is 1.43 bits per heavy atom. The highest BCUT2D eigenvalue weighted by atomic mass is 16.5. The van der Waals surface area contributed by atoms with Crippen molar-refractivity contribution in [1.82, 2.24) is 0 Å². The van der Waals surface area contributed by atoms with Gasteiger partial charge in [0.25, 0.3) is 0 Å². The normalized spacial score (nSPS) is 10.0. The van der Waals surface area contributed by atoms with E-state index in [9.17, 15) is 4.79 Å². The van der Waals surface area contributed by atoms with E-state index in [-0.39, 0.29) is 5.76 Å². The molecule has 0 aliphatic heterocycles. The molecule has 0 saturated heterocycles. The van der Waals surface area contributed by atoms with E-state index < -0.39 is 5.97 Å². The second kappa shape index (κ2) is 3.38. The first kappa shape index (κ1) is 8.56. The van der Waals surface area contributed by atoms with Gasteiger partial charge in [-0.1, -0.05) is 24.8 Å². The fourth-order valence-corrected chi connectivity index (χ4v) is 1.22. The van der Waals surface area contributed by atoms with Gasteiger partial charge in [-0.25, -0.2) is 4.79 Å². The molecule has 3 heteroatoms. The molecule has 3 nitrogen and oxygen atoms in total. The molecule has 0 saturated carbocycles. The average Bonchev–Trinajstić information content (AvgIpc) is 2.61. The maximum absolute atomic E-state index is 11.2. The Labute approximate surface area is 80.6 Å². The van der Waals surface area contributed by atoms with Crippen LogP contribution in [0.5, 0.6) is 0 Å². The number of carbonyl (C=O) groups is 1.